The van der Waals surface area contributed by atoms with Crippen LogP contribution in [-0.4, -0.2) is 12.1 Å². The van der Waals surface area contributed by atoms with Crippen LogP contribution in [0.3, 0.4) is 0 Å². The first-order chi connectivity index (χ1) is 17.8. The van der Waals surface area contributed by atoms with Gasteiger partial charge in [0.15, 0.2) is 5.09 Å². The smallest absolute Gasteiger partial charge is 0.259 e. The maximum atomic E-state index is 13.5. The highest BCUT2D eigenvalue weighted by Gasteiger charge is 2.33. The molecule has 1 aliphatic rings. The van der Waals surface area contributed by atoms with Gasteiger partial charge in [-0.05, 0) is 84.7 Å². The predicted molar refractivity (Wildman–Crippen MR) is 155 cm³/mol. The van der Waals surface area contributed by atoms with E-state index in [2.05, 4.69) is 26.1 Å². The molecule has 0 fully saturated rings. The molecule has 0 unspecified atom stereocenters. The molecule has 4 aromatic rings. The molecule has 37 heavy (non-hydrogen) atoms. The third-order valence-corrected chi connectivity index (χ3v) is 9.02. The van der Waals surface area contributed by atoms with E-state index in [4.69, 9.17) is 21.0 Å². The van der Waals surface area contributed by atoms with E-state index in [0.29, 0.717) is 22.3 Å². The zero-order valence-electron chi connectivity index (χ0n) is 21.1. The number of amides is 1. The largest absolute Gasteiger partial charge is 0.449 e. The van der Waals surface area contributed by atoms with E-state index in [1.807, 2.05) is 66.7 Å². The Morgan fingerprint density at radius 2 is 1.86 bits per heavy atom. The minimum absolute atomic E-state index is 0.108. The molecule has 5 rings (SSSR count). The van der Waals surface area contributed by atoms with Crippen molar-refractivity contribution >= 4 is 57.5 Å². The fraction of sp³-hybridized carbons (Fsp3) is 0.267. The van der Waals surface area contributed by atoms with Gasteiger partial charge in [-0.25, -0.2) is 4.99 Å². The molecule has 4 nitrogen and oxygen atoms in total. The van der Waals surface area contributed by atoms with Crippen LogP contribution in [0.2, 0.25) is 5.02 Å². The Labute approximate surface area is 231 Å². The van der Waals surface area contributed by atoms with Crippen molar-refractivity contribution in [3.63, 3.8) is 0 Å². The number of nitrogens with zero attached hydrogens (tertiary/aromatic N) is 1. The number of nitrogens with one attached hydrogen (secondary N) is 1. The quantitative estimate of drug-likeness (QED) is 0.244. The number of furan rings is 1. The SMILES string of the molecule is CC(C)(C)[C@@H]1CCc2c(sc(N=Cc3ccc(Sc4ccc(Cl)cc4)o3)c2C(=O)Nc2ccccc2)C1. The first-order valence-electron chi connectivity index (χ1n) is 12.3. The third kappa shape index (κ3) is 6.20. The lowest BCUT2D eigenvalue weighted by molar-refractivity contribution is 0.102. The molecule has 190 valence electrons. The van der Waals surface area contributed by atoms with E-state index in [-0.39, 0.29) is 11.3 Å². The van der Waals surface area contributed by atoms with Crippen LogP contribution in [-0.2, 0) is 12.8 Å². The van der Waals surface area contributed by atoms with E-state index >= 15 is 0 Å². The summed E-state index contributed by atoms with van der Waals surface area (Å²) < 4.78 is 5.98. The lowest BCUT2D eigenvalue weighted by atomic mass is 9.72. The molecule has 0 radical (unpaired) electrons. The van der Waals surface area contributed by atoms with Crippen LogP contribution in [0.4, 0.5) is 10.7 Å². The van der Waals surface area contributed by atoms with Gasteiger partial charge in [0.25, 0.3) is 5.91 Å². The number of thiophene rings is 1. The minimum Gasteiger partial charge on any atom is -0.449 e. The molecule has 0 spiro atoms. The monoisotopic (exact) mass is 548 g/mol. The normalized spacial score (nSPS) is 15.6. The first kappa shape index (κ1) is 25.8. The zero-order chi connectivity index (χ0) is 26.0. The van der Waals surface area contributed by atoms with E-state index in [1.165, 1.54) is 16.6 Å². The summed E-state index contributed by atoms with van der Waals surface area (Å²) in [6, 6.07) is 21.0. The van der Waals surface area contributed by atoms with Crippen molar-refractivity contribution in [2.45, 2.75) is 50.0 Å². The lowest BCUT2D eigenvalue weighted by Crippen LogP contribution is -2.27. The molecule has 0 aliphatic heterocycles. The highest BCUT2D eigenvalue weighted by Crippen LogP contribution is 2.45. The molecule has 1 aliphatic carbocycles. The minimum atomic E-state index is -0.108. The molecule has 7 heteroatoms. The maximum absolute atomic E-state index is 13.5. The van der Waals surface area contributed by atoms with Crippen LogP contribution >= 0.6 is 34.7 Å². The Kier molecular flexibility index (Phi) is 7.61. The van der Waals surface area contributed by atoms with Crippen molar-refractivity contribution in [3.8, 4) is 0 Å². The molecule has 2 aromatic carbocycles. The number of aliphatic imine (C=N–C) groups is 1. The van der Waals surface area contributed by atoms with Crippen molar-refractivity contribution < 1.29 is 9.21 Å². The number of hydrogen-bond donors (Lipinski definition) is 1. The summed E-state index contributed by atoms with van der Waals surface area (Å²) in [5.74, 6) is 1.12. The summed E-state index contributed by atoms with van der Waals surface area (Å²) >= 11 is 9.15. The van der Waals surface area contributed by atoms with Crippen molar-refractivity contribution in [2.24, 2.45) is 16.3 Å². The van der Waals surface area contributed by atoms with Gasteiger partial charge in [0.1, 0.15) is 10.8 Å². The van der Waals surface area contributed by atoms with E-state index in [9.17, 15) is 4.79 Å². The van der Waals surface area contributed by atoms with Crippen LogP contribution in [0.25, 0.3) is 0 Å². The van der Waals surface area contributed by atoms with Crippen LogP contribution in [0.15, 0.2) is 86.1 Å². The maximum Gasteiger partial charge on any atom is 0.259 e. The van der Waals surface area contributed by atoms with Crippen LogP contribution in [0.1, 0.15) is 53.8 Å². The van der Waals surface area contributed by atoms with Gasteiger partial charge in [0.2, 0.25) is 0 Å². The van der Waals surface area contributed by atoms with Gasteiger partial charge >= 0.3 is 0 Å². The molecule has 0 saturated carbocycles. The van der Waals surface area contributed by atoms with E-state index < -0.39 is 0 Å². The molecule has 1 N–H and O–H groups in total. The molecule has 2 aromatic heterocycles. The Hall–Kier alpha value is -2.80. The van der Waals surface area contributed by atoms with Gasteiger partial charge in [-0.3, -0.25) is 4.79 Å². The fourth-order valence-electron chi connectivity index (χ4n) is 4.55. The van der Waals surface area contributed by atoms with Gasteiger partial charge < -0.3 is 9.73 Å². The Bertz CT molecular complexity index is 1420. The van der Waals surface area contributed by atoms with Gasteiger partial charge in [0.05, 0.1) is 11.8 Å². The standard InChI is InChI=1S/C30H29ClN2O2S2/c1-30(2,3)19-9-15-24-25(17-19)37-29(27(24)28(34)33-21-7-5-4-6-8-21)32-18-22-12-16-26(35-22)36-23-13-10-20(31)11-14-23/h4-8,10-14,16,18-19H,9,15,17H2,1-3H3,(H,33,34)/t19-/m1/s1. The topological polar surface area (TPSA) is 54.6 Å². The first-order valence-corrected chi connectivity index (χ1v) is 14.4. The van der Waals surface area contributed by atoms with Gasteiger partial charge in [-0.1, -0.05) is 62.3 Å². The molecule has 1 atom stereocenters. The predicted octanol–water partition coefficient (Wildman–Crippen LogP) is 9.30. The number of halogens is 1. The van der Waals surface area contributed by atoms with Crippen LogP contribution < -0.4 is 5.32 Å². The van der Waals surface area contributed by atoms with Crippen LogP contribution in [0, 0.1) is 11.3 Å². The molecular weight excluding hydrogens is 520 g/mol. The Balaban J connectivity index is 1.41. The molecule has 0 bridgehead atoms. The summed E-state index contributed by atoms with van der Waals surface area (Å²) in [7, 11) is 0. The van der Waals surface area contributed by atoms with Crippen molar-refractivity contribution in [2.75, 3.05) is 5.32 Å². The summed E-state index contributed by atoms with van der Waals surface area (Å²) in [6.07, 6.45) is 4.66. The number of hydrogen-bond acceptors (Lipinski definition) is 5. The van der Waals surface area contributed by atoms with Gasteiger partial charge in [-0.15, -0.1) is 11.3 Å². The van der Waals surface area contributed by atoms with Crippen molar-refractivity contribution in [1.29, 1.82) is 0 Å². The second-order valence-corrected chi connectivity index (χ2v) is 12.9. The van der Waals surface area contributed by atoms with Crippen molar-refractivity contribution in [3.05, 3.63) is 93.5 Å². The summed E-state index contributed by atoms with van der Waals surface area (Å²) in [5, 5.41) is 5.27. The van der Waals surface area contributed by atoms with Crippen molar-refractivity contribution in [1.82, 2.24) is 0 Å². The number of anilines is 1. The second-order valence-electron chi connectivity index (χ2n) is 10.3. The Morgan fingerprint density at radius 1 is 1.11 bits per heavy atom. The summed E-state index contributed by atoms with van der Waals surface area (Å²) in [6.45, 7) is 6.90. The number of para-hydroxylation sites is 1. The highest BCUT2D eigenvalue weighted by atomic mass is 35.5. The molecular formula is C30H29ClN2O2S2. The lowest BCUT2D eigenvalue weighted by Gasteiger charge is -2.33. The number of rotatable bonds is 6. The fourth-order valence-corrected chi connectivity index (χ4v) is 6.72. The molecule has 1 amide bonds. The number of carbonyl (C=O) groups excluding carboxylic acids is 1. The second kappa shape index (κ2) is 10.9. The number of fused-ring (bicyclic) bond motifs is 1. The number of carbonyl (C=O) groups is 1. The van der Waals surface area contributed by atoms with Crippen LogP contribution in [0.5, 0.6) is 0 Å². The summed E-state index contributed by atoms with van der Waals surface area (Å²) in [5.41, 5.74) is 2.84. The van der Waals surface area contributed by atoms with Gasteiger partial charge in [-0.2, -0.15) is 0 Å². The molecule has 0 saturated heterocycles. The Morgan fingerprint density at radius 3 is 2.59 bits per heavy atom. The number of benzene rings is 2. The zero-order valence-corrected chi connectivity index (χ0v) is 23.5. The molecule has 2 heterocycles. The summed E-state index contributed by atoms with van der Waals surface area (Å²) in [4.78, 5) is 20.6. The average molecular weight is 549 g/mol. The van der Waals surface area contributed by atoms with E-state index in [1.54, 1.807) is 17.6 Å². The van der Waals surface area contributed by atoms with Gasteiger partial charge in [0, 0.05) is 20.5 Å². The average Bonchev–Trinajstić information content (AvgIpc) is 3.47. The third-order valence-electron chi connectivity index (χ3n) is 6.67. The van der Waals surface area contributed by atoms with E-state index in [0.717, 1.165) is 45.5 Å². The highest BCUT2D eigenvalue weighted by molar-refractivity contribution is 7.99.